The first-order valence-electron chi connectivity index (χ1n) is 9.35. The highest BCUT2D eigenvalue weighted by atomic mass is 16.5. The maximum atomic E-state index is 12.4. The van der Waals surface area contributed by atoms with Crippen LogP contribution in [0.15, 0.2) is 32.0 Å². The molecule has 1 aliphatic rings. The lowest BCUT2D eigenvalue weighted by Crippen LogP contribution is -2.32. The number of rotatable bonds is 5. The molecule has 3 heterocycles. The maximum absolute atomic E-state index is 12.4. The van der Waals surface area contributed by atoms with Gasteiger partial charge >= 0.3 is 5.63 Å². The lowest BCUT2D eigenvalue weighted by molar-refractivity contribution is -0.121. The third-order valence-corrected chi connectivity index (χ3v) is 5.33. The monoisotopic (exact) mass is 369 g/mol. The Balaban J connectivity index is 1.54. The Labute approximate surface area is 156 Å². The Morgan fingerprint density at radius 2 is 2.07 bits per heavy atom. The molecule has 0 saturated carbocycles. The van der Waals surface area contributed by atoms with Gasteiger partial charge in [0, 0.05) is 42.0 Å². The van der Waals surface area contributed by atoms with Gasteiger partial charge in [-0.15, -0.1) is 0 Å². The summed E-state index contributed by atoms with van der Waals surface area (Å²) in [6, 6.07) is 3.74. The zero-order valence-electron chi connectivity index (χ0n) is 15.6. The second-order valence-electron chi connectivity index (χ2n) is 7.20. The highest BCUT2D eigenvalue weighted by molar-refractivity contribution is 5.96. The molecule has 3 aromatic rings. The van der Waals surface area contributed by atoms with Gasteiger partial charge in [0.15, 0.2) is 0 Å². The van der Waals surface area contributed by atoms with Crippen molar-refractivity contribution in [3.8, 4) is 0 Å². The maximum Gasteiger partial charge on any atom is 0.339 e. The van der Waals surface area contributed by atoms with Gasteiger partial charge in [0.05, 0.1) is 12.4 Å². The first-order valence-corrected chi connectivity index (χ1v) is 9.35. The molecule has 0 spiro atoms. The van der Waals surface area contributed by atoms with Crippen molar-refractivity contribution in [1.29, 1.82) is 0 Å². The van der Waals surface area contributed by atoms with Crippen molar-refractivity contribution in [2.24, 2.45) is 0 Å². The summed E-state index contributed by atoms with van der Waals surface area (Å²) in [5.74, 6) is -0.0782. The predicted molar refractivity (Wildman–Crippen MR) is 102 cm³/mol. The van der Waals surface area contributed by atoms with Gasteiger partial charge in [-0.2, -0.15) is 0 Å². The van der Waals surface area contributed by atoms with Gasteiger partial charge in [0.25, 0.3) is 0 Å². The van der Waals surface area contributed by atoms with Crippen LogP contribution >= 0.6 is 0 Å². The molecule has 0 unspecified atom stereocenters. The molecule has 142 valence electrons. The molecule has 0 bridgehead atoms. The van der Waals surface area contributed by atoms with Gasteiger partial charge in [-0.05, 0) is 50.3 Å². The minimum Gasteiger partial charge on any atom is -0.464 e. The molecule has 0 radical (unpaired) electrons. The van der Waals surface area contributed by atoms with Crippen LogP contribution in [0.1, 0.15) is 36.0 Å². The summed E-state index contributed by atoms with van der Waals surface area (Å²) in [7, 11) is 0. The minimum atomic E-state index is -0.394. The molecule has 6 heteroatoms. The summed E-state index contributed by atoms with van der Waals surface area (Å²) >= 11 is 0. The Hall–Kier alpha value is -2.60. The number of ether oxygens (including phenoxy) is 1. The van der Waals surface area contributed by atoms with Crippen LogP contribution in [0.2, 0.25) is 0 Å². The van der Waals surface area contributed by atoms with E-state index in [2.05, 4.69) is 5.32 Å². The molecule has 1 N–H and O–H groups in total. The Kier molecular flexibility index (Phi) is 4.74. The fourth-order valence-corrected chi connectivity index (χ4v) is 3.69. The molecule has 27 heavy (non-hydrogen) atoms. The molecule has 1 aliphatic heterocycles. The van der Waals surface area contributed by atoms with Gasteiger partial charge in [-0.1, -0.05) is 0 Å². The minimum absolute atomic E-state index is 0.0782. The summed E-state index contributed by atoms with van der Waals surface area (Å²) < 4.78 is 16.5. The van der Waals surface area contributed by atoms with Gasteiger partial charge in [-0.25, -0.2) is 4.79 Å². The lowest BCUT2D eigenvalue weighted by atomic mass is 10.0. The normalized spacial score (nSPS) is 17.0. The number of nitrogens with one attached hydrogen (secondary N) is 1. The molecule has 1 atom stereocenters. The molecule has 1 aromatic carbocycles. The largest absolute Gasteiger partial charge is 0.464 e. The summed E-state index contributed by atoms with van der Waals surface area (Å²) in [6.07, 6.45) is 4.43. The molecule has 4 rings (SSSR count). The summed E-state index contributed by atoms with van der Waals surface area (Å²) in [5, 5.41) is 4.77. The predicted octanol–water partition coefficient (Wildman–Crippen LogP) is 3.38. The van der Waals surface area contributed by atoms with E-state index in [9.17, 15) is 9.59 Å². The number of fused-ring (bicyclic) bond motifs is 2. The molecule has 1 fully saturated rings. The highest BCUT2D eigenvalue weighted by Gasteiger charge is 2.18. The van der Waals surface area contributed by atoms with Crippen LogP contribution in [0.3, 0.4) is 0 Å². The second-order valence-corrected chi connectivity index (χ2v) is 7.20. The van der Waals surface area contributed by atoms with Crippen LogP contribution in [0.5, 0.6) is 0 Å². The smallest absolute Gasteiger partial charge is 0.339 e. The zero-order chi connectivity index (χ0) is 19.0. The lowest BCUT2D eigenvalue weighted by Gasteiger charge is -2.11. The van der Waals surface area contributed by atoms with Crippen LogP contribution in [-0.4, -0.2) is 25.2 Å². The summed E-state index contributed by atoms with van der Waals surface area (Å²) in [4.78, 5) is 24.6. The molecule has 6 nitrogen and oxygen atoms in total. The number of benzene rings is 1. The van der Waals surface area contributed by atoms with Crippen LogP contribution < -0.4 is 10.9 Å². The van der Waals surface area contributed by atoms with Crippen molar-refractivity contribution in [2.75, 3.05) is 13.2 Å². The van der Waals surface area contributed by atoms with Crippen LogP contribution in [0, 0.1) is 13.8 Å². The first-order chi connectivity index (χ1) is 13.0. The number of amides is 1. The van der Waals surface area contributed by atoms with E-state index in [1.165, 1.54) is 0 Å². The van der Waals surface area contributed by atoms with E-state index in [-0.39, 0.29) is 18.4 Å². The Morgan fingerprint density at radius 3 is 2.85 bits per heavy atom. The van der Waals surface area contributed by atoms with E-state index < -0.39 is 5.63 Å². The van der Waals surface area contributed by atoms with E-state index in [1.54, 1.807) is 12.3 Å². The standard InChI is InChI=1S/C21H23NO5/c1-12-11-26-18-9-19-17(8-16(12)18)13(2)15(21(24)27-19)5-6-20(23)22-10-14-4-3-7-25-14/h8-9,11,14H,3-7,10H2,1-2H3,(H,22,23)/t14-/m1/s1. The van der Waals surface area contributed by atoms with Gasteiger partial charge in [-0.3, -0.25) is 4.79 Å². The highest BCUT2D eigenvalue weighted by Crippen LogP contribution is 2.29. The Bertz CT molecular complexity index is 1060. The van der Waals surface area contributed by atoms with E-state index >= 15 is 0 Å². The number of aryl methyl sites for hydroxylation is 2. The van der Waals surface area contributed by atoms with Crippen molar-refractivity contribution >= 4 is 27.8 Å². The van der Waals surface area contributed by atoms with E-state index in [1.807, 2.05) is 19.9 Å². The first kappa shape index (κ1) is 17.8. The van der Waals surface area contributed by atoms with E-state index in [4.69, 9.17) is 13.6 Å². The number of carbonyl (C=O) groups excluding carboxylic acids is 1. The molecule has 1 saturated heterocycles. The van der Waals surface area contributed by atoms with Crippen molar-refractivity contribution in [1.82, 2.24) is 5.32 Å². The van der Waals surface area contributed by atoms with Gasteiger partial charge in [0.2, 0.25) is 5.91 Å². The van der Waals surface area contributed by atoms with Crippen molar-refractivity contribution in [3.05, 3.63) is 45.5 Å². The third kappa shape index (κ3) is 3.49. The Morgan fingerprint density at radius 1 is 1.22 bits per heavy atom. The number of furan rings is 1. The summed E-state index contributed by atoms with van der Waals surface area (Å²) in [5.41, 5.74) is 3.25. The molecular weight excluding hydrogens is 346 g/mol. The van der Waals surface area contributed by atoms with Crippen LogP contribution in [-0.2, 0) is 16.0 Å². The number of hydrogen-bond donors (Lipinski definition) is 1. The average Bonchev–Trinajstić information content (AvgIpc) is 3.29. The van der Waals surface area contributed by atoms with Crippen molar-refractivity contribution in [2.45, 2.75) is 45.6 Å². The third-order valence-electron chi connectivity index (χ3n) is 5.33. The topological polar surface area (TPSA) is 81.7 Å². The van der Waals surface area contributed by atoms with Crippen molar-refractivity contribution < 1.29 is 18.4 Å². The average molecular weight is 369 g/mol. The zero-order valence-corrected chi connectivity index (χ0v) is 15.6. The number of carbonyl (C=O) groups is 1. The summed E-state index contributed by atoms with van der Waals surface area (Å²) in [6.45, 7) is 5.18. The molecular formula is C21H23NO5. The SMILES string of the molecule is Cc1coc2cc3oc(=O)c(CCC(=O)NC[C@H]4CCCO4)c(C)c3cc12. The number of hydrogen-bond acceptors (Lipinski definition) is 5. The van der Waals surface area contributed by atoms with E-state index in [0.29, 0.717) is 29.7 Å². The van der Waals surface area contributed by atoms with Crippen LogP contribution in [0.25, 0.3) is 21.9 Å². The fourth-order valence-electron chi connectivity index (χ4n) is 3.69. The van der Waals surface area contributed by atoms with Gasteiger partial charge < -0.3 is 18.9 Å². The molecule has 0 aliphatic carbocycles. The van der Waals surface area contributed by atoms with Crippen LogP contribution in [0.4, 0.5) is 0 Å². The van der Waals surface area contributed by atoms with Crippen molar-refractivity contribution in [3.63, 3.8) is 0 Å². The molecule has 1 amide bonds. The quantitative estimate of drug-likeness (QED) is 0.697. The van der Waals surface area contributed by atoms with Gasteiger partial charge in [0.1, 0.15) is 11.2 Å². The van der Waals surface area contributed by atoms with E-state index in [0.717, 1.165) is 41.3 Å². The second kappa shape index (κ2) is 7.19. The fraction of sp³-hybridized carbons (Fsp3) is 0.429. The molecule has 2 aromatic heterocycles.